The van der Waals surface area contributed by atoms with Crippen molar-refractivity contribution in [1.29, 1.82) is 0 Å². The van der Waals surface area contributed by atoms with E-state index in [-0.39, 0.29) is 22.9 Å². The maximum absolute atomic E-state index is 12.4. The summed E-state index contributed by atoms with van der Waals surface area (Å²) >= 11 is 7.33. The molecule has 3 aromatic rings. The number of pyridine rings is 1. The van der Waals surface area contributed by atoms with Gasteiger partial charge < -0.3 is 10.2 Å². The fourth-order valence-corrected chi connectivity index (χ4v) is 3.45. The van der Waals surface area contributed by atoms with Crippen LogP contribution in [0, 0.1) is 0 Å². The van der Waals surface area contributed by atoms with Crippen LogP contribution in [0.4, 0.5) is 5.69 Å². The van der Waals surface area contributed by atoms with Gasteiger partial charge in [0.05, 0.1) is 25.5 Å². The number of halogens is 1. The van der Waals surface area contributed by atoms with Crippen LogP contribution in [0.1, 0.15) is 18.8 Å². The van der Waals surface area contributed by atoms with Gasteiger partial charge in [-0.1, -0.05) is 41.6 Å². The lowest BCUT2D eigenvalue weighted by Crippen LogP contribution is -3.05. The Hall–Kier alpha value is -2.42. The van der Waals surface area contributed by atoms with E-state index in [1.165, 1.54) is 16.7 Å². The normalized spacial score (nSPS) is 12.2. The number of rotatable bonds is 7. The third kappa shape index (κ3) is 4.70. The summed E-state index contributed by atoms with van der Waals surface area (Å²) in [4.78, 5) is 17.6. The van der Waals surface area contributed by atoms with Crippen LogP contribution in [-0.4, -0.2) is 45.5 Å². The first-order chi connectivity index (χ1) is 13.5. The zero-order valence-electron chi connectivity index (χ0n) is 15.9. The molecular weight excluding hydrogens is 396 g/mol. The number of quaternary nitrogens is 1. The molecule has 0 saturated heterocycles. The van der Waals surface area contributed by atoms with Crippen LogP contribution in [0.2, 0.25) is 5.15 Å². The third-order valence-corrected chi connectivity index (χ3v) is 5.52. The number of nitrogens with zero attached hydrogens (tertiary/aromatic N) is 4. The fraction of sp³-hybridized carbons (Fsp3) is 0.263. The summed E-state index contributed by atoms with van der Waals surface area (Å²) < 4.78 is 2.01. The van der Waals surface area contributed by atoms with Gasteiger partial charge >= 0.3 is 0 Å². The first-order valence-electron chi connectivity index (χ1n) is 8.81. The van der Waals surface area contributed by atoms with Gasteiger partial charge in [-0.25, -0.2) is 4.98 Å². The molecule has 0 bridgehead atoms. The highest BCUT2D eigenvalue weighted by molar-refractivity contribution is 7.99. The molecule has 0 radical (unpaired) electrons. The highest BCUT2D eigenvalue weighted by Crippen LogP contribution is 2.25. The van der Waals surface area contributed by atoms with Crippen LogP contribution in [0.5, 0.6) is 0 Å². The zero-order chi connectivity index (χ0) is 20.1. The van der Waals surface area contributed by atoms with Crippen molar-refractivity contribution < 1.29 is 9.69 Å². The lowest BCUT2D eigenvalue weighted by atomic mass is 10.2. The molecule has 0 aliphatic heterocycles. The summed E-state index contributed by atoms with van der Waals surface area (Å²) in [5.74, 6) is 0.846. The maximum Gasteiger partial charge on any atom is 0.234 e. The number of hydrogen-bond acceptors (Lipinski definition) is 5. The van der Waals surface area contributed by atoms with Gasteiger partial charge in [0.25, 0.3) is 0 Å². The van der Waals surface area contributed by atoms with Crippen molar-refractivity contribution in [2.75, 3.05) is 25.2 Å². The van der Waals surface area contributed by atoms with Gasteiger partial charge in [0.2, 0.25) is 5.91 Å². The summed E-state index contributed by atoms with van der Waals surface area (Å²) in [5, 5.41) is 12.4. The Morgan fingerprint density at radius 2 is 1.96 bits per heavy atom. The second-order valence-corrected chi connectivity index (χ2v) is 7.79. The van der Waals surface area contributed by atoms with Gasteiger partial charge in [0.1, 0.15) is 6.04 Å². The molecule has 2 aromatic heterocycles. The highest BCUT2D eigenvalue weighted by Gasteiger charge is 2.23. The van der Waals surface area contributed by atoms with E-state index in [0.717, 1.165) is 11.5 Å². The summed E-state index contributed by atoms with van der Waals surface area (Å²) in [6.07, 6.45) is 1.57. The molecular formula is C19H22ClN6OS+. The van der Waals surface area contributed by atoms with Crippen LogP contribution in [-0.2, 0) is 4.79 Å². The summed E-state index contributed by atoms with van der Waals surface area (Å²) in [6, 6.07) is 13.5. The maximum atomic E-state index is 12.4. The molecule has 146 valence electrons. The van der Waals surface area contributed by atoms with Crippen molar-refractivity contribution in [2.45, 2.75) is 18.1 Å². The number of para-hydroxylation sites is 1. The van der Waals surface area contributed by atoms with Crippen LogP contribution in [0.3, 0.4) is 0 Å². The molecule has 0 aliphatic rings. The van der Waals surface area contributed by atoms with Crippen molar-refractivity contribution in [1.82, 2.24) is 19.7 Å². The first-order valence-corrected chi connectivity index (χ1v) is 10.2. The van der Waals surface area contributed by atoms with Crippen LogP contribution >= 0.6 is 23.4 Å². The number of amides is 1. The Morgan fingerprint density at radius 3 is 2.64 bits per heavy atom. The zero-order valence-corrected chi connectivity index (χ0v) is 17.5. The topological polar surface area (TPSA) is 77.1 Å². The SMILES string of the molecule is C[C@H](c1nnc(SCC(=O)Nc2cccnc2Cl)n1-c1ccccc1)[NH+](C)C. The van der Waals surface area contributed by atoms with Crippen molar-refractivity contribution in [3.63, 3.8) is 0 Å². The second-order valence-electron chi connectivity index (χ2n) is 6.49. The molecule has 2 heterocycles. The number of hydrogen-bond donors (Lipinski definition) is 2. The Labute approximate surface area is 173 Å². The van der Waals surface area contributed by atoms with Crippen molar-refractivity contribution >= 4 is 35.0 Å². The summed E-state index contributed by atoms with van der Waals surface area (Å²) in [5.41, 5.74) is 1.46. The minimum Gasteiger partial charge on any atom is -0.331 e. The van der Waals surface area contributed by atoms with Crippen LogP contribution < -0.4 is 10.2 Å². The lowest BCUT2D eigenvalue weighted by molar-refractivity contribution is -0.890. The monoisotopic (exact) mass is 417 g/mol. The van der Waals surface area contributed by atoms with Crippen LogP contribution in [0.25, 0.3) is 5.69 Å². The van der Waals surface area contributed by atoms with Gasteiger partial charge in [0.15, 0.2) is 16.1 Å². The third-order valence-electron chi connectivity index (χ3n) is 4.29. The predicted molar refractivity (Wildman–Crippen MR) is 111 cm³/mol. The standard InChI is InChI=1S/C19H21ClN6OS/c1-13(25(2)3)18-23-24-19(26(18)14-8-5-4-6-9-14)28-12-16(27)22-15-10-7-11-21-17(15)20/h4-11,13H,12H2,1-3H3,(H,22,27)/p+1/t13-/m1/s1. The second kappa shape index (κ2) is 9.18. The van der Waals surface area contributed by atoms with Gasteiger partial charge in [-0.2, -0.15) is 0 Å². The van der Waals surface area contributed by atoms with Gasteiger partial charge in [-0.15, -0.1) is 10.2 Å². The molecule has 0 fully saturated rings. The quantitative estimate of drug-likeness (QED) is 0.455. The van der Waals surface area contributed by atoms with Gasteiger partial charge in [0, 0.05) is 11.9 Å². The molecule has 1 amide bonds. The van der Waals surface area contributed by atoms with E-state index < -0.39 is 0 Å². The van der Waals surface area contributed by atoms with Crippen molar-refractivity contribution in [3.8, 4) is 5.69 Å². The fourth-order valence-electron chi connectivity index (χ4n) is 2.53. The highest BCUT2D eigenvalue weighted by atomic mass is 35.5. The summed E-state index contributed by atoms with van der Waals surface area (Å²) in [6.45, 7) is 2.10. The smallest absolute Gasteiger partial charge is 0.234 e. The van der Waals surface area contributed by atoms with Crippen molar-refractivity contribution in [3.05, 3.63) is 59.6 Å². The minimum atomic E-state index is -0.185. The molecule has 0 unspecified atom stereocenters. The van der Waals surface area contributed by atoms with E-state index in [1.807, 2.05) is 34.9 Å². The molecule has 0 saturated carbocycles. The van der Waals surface area contributed by atoms with E-state index in [1.54, 1.807) is 18.3 Å². The van der Waals surface area contributed by atoms with E-state index in [4.69, 9.17) is 11.6 Å². The molecule has 7 nitrogen and oxygen atoms in total. The van der Waals surface area contributed by atoms with E-state index in [2.05, 4.69) is 41.5 Å². The molecule has 1 atom stereocenters. The minimum absolute atomic E-state index is 0.144. The average Bonchev–Trinajstić information content (AvgIpc) is 3.12. The Bertz CT molecular complexity index is 947. The number of aromatic nitrogens is 4. The number of benzene rings is 1. The Kier molecular flexibility index (Phi) is 6.66. The van der Waals surface area contributed by atoms with E-state index in [9.17, 15) is 4.79 Å². The van der Waals surface area contributed by atoms with E-state index >= 15 is 0 Å². The average molecular weight is 418 g/mol. The molecule has 9 heteroatoms. The molecule has 3 rings (SSSR count). The Balaban J connectivity index is 1.80. The van der Waals surface area contributed by atoms with Crippen LogP contribution in [0.15, 0.2) is 53.8 Å². The molecule has 0 aliphatic carbocycles. The molecule has 0 spiro atoms. The van der Waals surface area contributed by atoms with E-state index in [0.29, 0.717) is 10.8 Å². The lowest BCUT2D eigenvalue weighted by Gasteiger charge is -2.18. The van der Waals surface area contributed by atoms with Crippen molar-refractivity contribution in [2.24, 2.45) is 0 Å². The largest absolute Gasteiger partial charge is 0.331 e. The number of thioether (sulfide) groups is 1. The molecule has 1 aromatic carbocycles. The number of anilines is 1. The molecule has 28 heavy (non-hydrogen) atoms. The first kappa shape index (κ1) is 20.3. The Morgan fingerprint density at radius 1 is 1.21 bits per heavy atom. The predicted octanol–water partition coefficient (Wildman–Crippen LogP) is 2.25. The number of nitrogens with one attached hydrogen (secondary N) is 2. The van der Waals surface area contributed by atoms with Gasteiger partial charge in [-0.3, -0.25) is 9.36 Å². The van der Waals surface area contributed by atoms with Gasteiger partial charge in [-0.05, 0) is 31.2 Å². The molecule has 2 N–H and O–H groups in total. The number of carbonyl (C=O) groups is 1. The number of carbonyl (C=O) groups excluding carboxylic acids is 1. The summed E-state index contributed by atoms with van der Waals surface area (Å²) in [7, 11) is 4.15.